The van der Waals surface area contributed by atoms with Crippen molar-refractivity contribution in [2.24, 2.45) is 0 Å². The molecule has 2 aromatic heterocycles. The number of methoxy groups -OCH3 is 1. The number of hydrogen-bond donors (Lipinski definition) is 1. The topological polar surface area (TPSA) is 131 Å². The molecule has 1 aromatic carbocycles. The summed E-state index contributed by atoms with van der Waals surface area (Å²) < 4.78 is 13.8. The fourth-order valence-corrected chi connectivity index (χ4v) is 5.05. The minimum atomic E-state index is -0.622. The van der Waals surface area contributed by atoms with Crippen molar-refractivity contribution in [3.8, 4) is 11.8 Å². The number of aromatic nitrogens is 3. The first kappa shape index (κ1) is 30.4. The number of alkyl carbamates (subject to hydrolysis) is 1. The molecule has 3 heterocycles. The molecule has 11 nitrogen and oxygen atoms in total. The van der Waals surface area contributed by atoms with E-state index in [4.69, 9.17) is 9.47 Å². The maximum Gasteiger partial charge on any atom is 0.407 e. The first-order valence-electron chi connectivity index (χ1n) is 14.0. The molecule has 1 aliphatic rings. The average Bonchev–Trinajstić information content (AvgIpc) is 3.26. The van der Waals surface area contributed by atoms with Crippen LogP contribution in [0, 0.1) is 11.3 Å². The van der Waals surface area contributed by atoms with Gasteiger partial charge in [0.1, 0.15) is 39.8 Å². The molecule has 0 radical (unpaired) electrons. The standard InChI is InChI=1S/C31H38N6O5/c1-20(2)12-14-37-27-26(33-19-36(29(27)39)18-25(38)21-9-7-11-23(15-21)41-6)24(16-32)28(37)35-13-8-10-22(17-35)34-30(40)42-31(3,4)5/h7,9,11-12,15,19,22H,8,10,13-14,17-18H2,1-6H3,(H,34,40). The number of rotatable bonds is 8. The van der Waals surface area contributed by atoms with E-state index < -0.39 is 17.3 Å². The highest BCUT2D eigenvalue weighted by molar-refractivity contribution is 5.96. The zero-order chi connectivity index (χ0) is 30.6. The van der Waals surface area contributed by atoms with Crippen LogP contribution in [0.4, 0.5) is 10.6 Å². The monoisotopic (exact) mass is 574 g/mol. The Morgan fingerprint density at radius 3 is 2.69 bits per heavy atom. The second kappa shape index (κ2) is 12.5. The van der Waals surface area contributed by atoms with Crippen LogP contribution < -0.4 is 20.5 Å². The van der Waals surface area contributed by atoms with Gasteiger partial charge in [0.15, 0.2) is 5.78 Å². The summed E-state index contributed by atoms with van der Waals surface area (Å²) in [6.45, 7) is 10.5. The van der Waals surface area contributed by atoms with E-state index in [0.29, 0.717) is 36.8 Å². The number of piperidine rings is 1. The van der Waals surface area contributed by atoms with Crippen molar-refractivity contribution in [2.75, 3.05) is 25.1 Å². The van der Waals surface area contributed by atoms with E-state index in [0.717, 1.165) is 18.4 Å². The highest BCUT2D eigenvalue weighted by Crippen LogP contribution is 2.32. The van der Waals surface area contributed by atoms with Crippen LogP contribution in [0.2, 0.25) is 0 Å². The van der Waals surface area contributed by atoms with Crippen molar-refractivity contribution in [3.63, 3.8) is 0 Å². The summed E-state index contributed by atoms with van der Waals surface area (Å²) in [6.07, 6.45) is 4.32. The lowest BCUT2D eigenvalue weighted by Crippen LogP contribution is -2.49. The van der Waals surface area contributed by atoms with Gasteiger partial charge in [0.05, 0.1) is 20.0 Å². The largest absolute Gasteiger partial charge is 0.497 e. The molecule has 11 heteroatoms. The van der Waals surface area contributed by atoms with Gasteiger partial charge in [-0.2, -0.15) is 5.26 Å². The highest BCUT2D eigenvalue weighted by Gasteiger charge is 2.30. The molecule has 1 fully saturated rings. The molecule has 222 valence electrons. The van der Waals surface area contributed by atoms with Gasteiger partial charge in [-0.05, 0) is 59.6 Å². The third-order valence-electron chi connectivity index (χ3n) is 6.94. The summed E-state index contributed by atoms with van der Waals surface area (Å²) >= 11 is 0. The molecule has 0 bridgehead atoms. The molecule has 1 N–H and O–H groups in total. The molecule has 0 spiro atoms. The Balaban J connectivity index is 1.75. The number of carbonyl (C=O) groups is 2. The number of anilines is 1. The number of benzene rings is 1. The number of nitrogens with zero attached hydrogens (tertiary/aromatic N) is 5. The summed E-state index contributed by atoms with van der Waals surface area (Å²) in [5, 5.41) is 13.2. The maximum absolute atomic E-state index is 13.9. The van der Waals surface area contributed by atoms with E-state index in [-0.39, 0.29) is 35.0 Å². The van der Waals surface area contributed by atoms with E-state index >= 15 is 0 Å². The van der Waals surface area contributed by atoms with Gasteiger partial charge < -0.3 is 24.3 Å². The second-order valence-electron chi connectivity index (χ2n) is 11.7. The minimum Gasteiger partial charge on any atom is -0.497 e. The quantitative estimate of drug-likeness (QED) is 0.309. The number of nitrogens with one attached hydrogen (secondary N) is 1. The normalized spacial score (nSPS) is 15.2. The Labute approximate surface area is 245 Å². The predicted molar refractivity (Wildman–Crippen MR) is 160 cm³/mol. The first-order valence-corrected chi connectivity index (χ1v) is 14.0. The van der Waals surface area contributed by atoms with Crippen LogP contribution >= 0.6 is 0 Å². The molecule has 1 atom stereocenters. The number of fused-ring (bicyclic) bond motifs is 1. The lowest BCUT2D eigenvalue weighted by molar-refractivity contribution is 0.0499. The second-order valence-corrected chi connectivity index (χ2v) is 11.7. The van der Waals surface area contributed by atoms with Crippen LogP contribution in [0.15, 0.2) is 47.0 Å². The summed E-state index contributed by atoms with van der Waals surface area (Å²) in [5.74, 6) is 0.844. The van der Waals surface area contributed by atoms with Gasteiger partial charge in [0.25, 0.3) is 5.56 Å². The van der Waals surface area contributed by atoms with Crippen LogP contribution in [-0.4, -0.2) is 57.8 Å². The number of Topliss-reactive ketones (excluding diaryl/α,β-unsaturated/α-hetero) is 1. The Morgan fingerprint density at radius 1 is 1.26 bits per heavy atom. The van der Waals surface area contributed by atoms with E-state index in [1.54, 1.807) is 28.8 Å². The molecular weight excluding hydrogens is 536 g/mol. The molecule has 4 rings (SSSR count). The van der Waals surface area contributed by atoms with Gasteiger partial charge in [0, 0.05) is 31.2 Å². The van der Waals surface area contributed by atoms with Crippen molar-refractivity contribution in [1.82, 2.24) is 19.4 Å². The van der Waals surface area contributed by atoms with Crippen molar-refractivity contribution in [2.45, 2.75) is 72.2 Å². The molecular formula is C31H38N6O5. The molecule has 1 saturated heterocycles. The zero-order valence-corrected chi connectivity index (χ0v) is 25.1. The fourth-order valence-electron chi connectivity index (χ4n) is 5.05. The van der Waals surface area contributed by atoms with Crippen molar-refractivity contribution in [3.05, 3.63) is 63.7 Å². The number of hydrogen-bond acceptors (Lipinski definition) is 8. The maximum atomic E-state index is 13.9. The number of ether oxygens (including phenoxy) is 2. The van der Waals surface area contributed by atoms with Crippen LogP contribution in [0.25, 0.3) is 11.0 Å². The Morgan fingerprint density at radius 2 is 2.02 bits per heavy atom. The number of ketones is 1. The molecule has 0 aliphatic carbocycles. The Kier molecular flexibility index (Phi) is 9.05. The van der Waals surface area contributed by atoms with E-state index in [2.05, 4.69) is 16.4 Å². The van der Waals surface area contributed by atoms with Gasteiger partial charge in [0.2, 0.25) is 0 Å². The lowest BCUT2D eigenvalue weighted by Gasteiger charge is -2.35. The first-order chi connectivity index (χ1) is 19.9. The van der Waals surface area contributed by atoms with Gasteiger partial charge in [-0.1, -0.05) is 23.8 Å². The van der Waals surface area contributed by atoms with Crippen LogP contribution in [0.5, 0.6) is 5.75 Å². The fraction of sp³-hybridized carbons (Fsp3) is 0.452. The number of allylic oxidation sites excluding steroid dienone is 2. The minimum absolute atomic E-state index is 0.208. The van der Waals surface area contributed by atoms with E-state index in [9.17, 15) is 19.6 Å². The smallest absolute Gasteiger partial charge is 0.407 e. The SMILES string of the molecule is COc1cccc(C(=O)Cn2cnc3c(C#N)c(N4CCCC(NC(=O)OC(C)(C)C)C4)n(CC=C(C)C)c3c2=O)c1. The summed E-state index contributed by atoms with van der Waals surface area (Å²) in [5.41, 5.74) is 1.24. The van der Waals surface area contributed by atoms with E-state index in [1.165, 1.54) is 18.0 Å². The molecule has 1 unspecified atom stereocenters. The zero-order valence-electron chi connectivity index (χ0n) is 25.1. The number of carbonyl (C=O) groups excluding carboxylic acids is 2. The molecule has 1 amide bonds. The lowest BCUT2D eigenvalue weighted by atomic mass is 10.1. The van der Waals surface area contributed by atoms with Crippen LogP contribution in [0.1, 0.15) is 63.4 Å². The predicted octanol–water partition coefficient (Wildman–Crippen LogP) is 4.42. The van der Waals surface area contributed by atoms with E-state index in [1.807, 2.05) is 45.6 Å². The van der Waals surface area contributed by atoms with Crippen molar-refractivity contribution >= 4 is 28.7 Å². The Bertz CT molecular complexity index is 1620. The number of nitriles is 1. The van der Waals surface area contributed by atoms with Gasteiger partial charge >= 0.3 is 6.09 Å². The molecule has 42 heavy (non-hydrogen) atoms. The molecule has 0 saturated carbocycles. The van der Waals surface area contributed by atoms with Crippen LogP contribution in [0.3, 0.4) is 0 Å². The van der Waals surface area contributed by atoms with Gasteiger partial charge in [-0.15, -0.1) is 0 Å². The van der Waals surface area contributed by atoms with Crippen LogP contribution in [-0.2, 0) is 17.8 Å². The van der Waals surface area contributed by atoms with Crippen molar-refractivity contribution in [1.29, 1.82) is 5.26 Å². The third kappa shape index (κ3) is 6.82. The number of amides is 1. The third-order valence-corrected chi connectivity index (χ3v) is 6.94. The molecule has 3 aromatic rings. The van der Waals surface area contributed by atoms with Crippen molar-refractivity contribution < 1.29 is 19.1 Å². The van der Waals surface area contributed by atoms with Gasteiger partial charge in [-0.3, -0.25) is 14.2 Å². The average molecular weight is 575 g/mol. The summed E-state index contributed by atoms with van der Waals surface area (Å²) in [7, 11) is 1.52. The summed E-state index contributed by atoms with van der Waals surface area (Å²) in [4.78, 5) is 46.0. The summed E-state index contributed by atoms with van der Waals surface area (Å²) in [6, 6.07) is 8.82. The molecule has 1 aliphatic heterocycles. The highest BCUT2D eigenvalue weighted by atomic mass is 16.6. The Hall–Kier alpha value is -4.59. The van der Waals surface area contributed by atoms with Gasteiger partial charge in [-0.25, -0.2) is 9.78 Å².